The van der Waals surface area contributed by atoms with Gasteiger partial charge in [0.25, 0.3) is 0 Å². The van der Waals surface area contributed by atoms with E-state index in [0.717, 1.165) is 0 Å². The summed E-state index contributed by atoms with van der Waals surface area (Å²) in [7, 11) is -0.548. The minimum atomic E-state index is -0.548. The molecule has 1 radical (unpaired) electrons. The Balaban J connectivity index is 4.17. The third kappa shape index (κ3) is 15.8. The molecule has 0 bridgehead atoms. The third-order valence-electron chi connectivity index (χ3n) is 3.85. The SMILES string of the molecule is CCCCC/C=C/[Si](/C=C/CCCCC)/C=C/CCCCC. The minimum Gasteiger partial charge on any atom is -0.0922 e. The molecule has 0 aliphatic carbocycles. The molecule has 0 saturated heterocycles. The first kappa shape index (κ1) is 21.4. The summed E-state index contributed by atoms with van der Waals surface area (Å²) in [5.41, 5.74) is 7.48. The molecule has 0 aromatic rings. The Kier molecular flexibility index (Phi) is 18.0. The van der Waals surface area contributed by atoms with Crippen molar-refractivity contribution >= 4 is 8.80 Å². The van der Waals surface area contributed by atoms with Crippen LogP contribution < -0.4 is 0 Å². The van der Waals surface area contributed by atoms with Crippen molar-refractivity contribution in [1.29, 1.82) is 0 Å². The van der Waals surface area contributed by atoms with Crippen molar-refractivity contribution in [2.75, 3.05) is 0 Å². The first-order valence-corrected chi connectivity index (χ1v) is 11.4. The van der Waals surface area contributed by atoms with Gasteiger partial charge in [-0.3, -0.25) is 0 Å². The molecule has 0 spiro atoms. The molecular weight excluding hydrogens is 280 g/mol. The zero-order valence-corrected chi connectivity index (χ0v) is 16.4. The van der Waals surface area contributed by atoms with E-state index in [0.29, 0.717) is 0 Å². The Bertz CT molecular complexity index is 241. The van der Waals surface area contributed by atoms with E-state index >= 15 is 0 Å². The van der Waals surface area contributed by atoms with Gasteiger partial charge in [-0.25, -0.2) is 0 Å². The molecule has 0 heterocycles. The van der Waals surface area contributed by atoms with Crippen LogP contribution in [0.2, 0.25) is 0 Å². The van der Waals surface area contributed by atoms with Gasteiger partial charge >= 0.3 is 0 Å². The minimum absolute atomic E-state index is 0.548. The lowest BCUT2D eigenvalue weighted by Crippen LogP contribution is -2.01. The highest BCUT2D eigenvalue weighted by molar-refractivity contribution is 6.74. The summed E-state index contributed by atoms with van der Waals surface area (Å²) in [4.78, 5) is 0. The topological polar surface area (TPSA) is 0 Å². The molecule has 0 nitrogen and oxygen atoms in total. The van der Waals surface area contributed by atoms with Crippen molar-refractivity contribution in [2.24, 2.45) is 0 Å². The fourth-order valence-electron chi connectivity index (χ4n) is 2.36. The highest BCUT2D eigenvalue weighted by Crippen LogP contribution is 2.05. The van der Waals surface area contributed by atoms with Crippen LogP contribution in [-0.4, -0.2) is 8.80 Å². The first-order valence-electron chi connectivity index (χ1n) is 9.71. The van der Waals surface area contributed by atoms with Crippen molar-refractivity contribution in [2.45, 2.75) is 97.8 Å². The smallest absolute Gasteiger partial charge is 0.0922 e. The van der Waals surface area contributed by atoms with E-state index in [1.807, 2.05) is 0 Å². The maximum atomic E-state index is 2.49. The average molecular weight is 320 g/mol. The van der Waals surface area contributed by atoms with Gasteiger partial charge in [-0.05, 0) is 38.5 Å². The van der Waals surface area contributed by atoms with Crippen LogP contribution in [0.5, 0.6) is 0 Å². The summed E-state index contributed by atoms with van der Waals surface area (Å²) >= 11 is 0. The summed E-state index contributed by atoms with van der Waals surface area (Å²) in [5.74, 6) is 0. The lowest BCUT2D eigenvalue weighted by atomic mass is 10.2. The first-order chi connectivity index (χ1) is 10.8. The summed E-state index contributed by atoms with van der Waals surface area (Å²) in [6.45, 7) is 6.82. The molecule has 0 aromatic carbocycles. The van der Waals surface area contributed by atoms with Gasteiger partial charge < -0.3 is 0 Å². The van der Waals surface area contributed by atoms with Crippen LogP contribution in [0, 0.1) is 0 Å². The number of rotatable bonds is 15. The molecule has 0 atom stereocenters. The monoisotopic (exact) mass is 319 g/mol. The van der Waals surface area contributed by atoms with Gasteiger partial charge in [-0.1, -0.05) is 94.6 Å². The zero-order valence-electron chi connectivity index (χ0n) is 15.4. The number of hydrogen-bond acceptors (Lipinski definition) is 0. The Morgan fingerprint density at radius 2 is 0.818 bits per heavy atom. The molecule has 0 saturated carbocycles. The lowest BCUT2D eigenvalue weighted by molar-refractivity contribution is 0.729. The van der Waals surface area contributed by atoms with Gasteiger partial charge in [-0.2, -0.15) is 0 Å². The van der Waals surface area contributed by atoms with Crippen molar-refractivity contribution in [3.05, 3.63) is 35.3 Å². The molecule has 1 heteroatoms. The molecule has 0 amide bonds. The van der Waals surface area contributed by atoms with Crippen LogP contribution in [-0.2, 0) is 0 Å². The van der Waals surface area contributed by atoms with E-state index in [1.54, 1.807) is 0 Å². The molecule has 0 rings (SSSR count). The van der Waals surface area contributed by atoms with Gasteiger partial charge in [0.1, 0.15) is 8.80 Å². The van der Waals surface area contributed by atoms with E-state index in [-0.39, 0.29) is 0 Å². The maximum Gasteiger partial charge on any atom is 0.130 e. The van der Waals surface area contributed by atoms with Gasteiger partial charge in [0.2, 0.25) is 0 Å². The molecule has 0 aliphatic heterocycles. The molecule has 0 N–H and O–H groups in total. The predicted octanol–water partition coefficient (Wildman–Crippen LogP) is 7.51. The second kappa shape index (κ2) is 18.5. The van der Waals surface area contributed by atoms with Crippen LogP contribution in [0.1, 0.15) is 97.8 Å². The standard InChI is InChI=1S/C21H39Si/c1-4-7-10-13-16-19-22(20-17-14-11-8-5-2)21-18-15-12-9-6-3/h16-21H,4-15H2,1-3H3/b19-16+,20-17+,21-18+. The Morgan fingerprint density at radius 1 is 0.500 bits per heavy atom. The van der Waals surface area contributed by atoms with E-state index in [1.165, 1.54) is 77.0 Å². The largest absolute Gasteiger partial charge is 0.130 e. The molecule has 0 fully saturated rings. The summed E-state index contributed by atoms with van der Waals surface area (Å²) < 4.78 is 0. The van der Waals surface area contributed by atoms with E-state index in [9.17, 15) is 0 Å². The number of allylic oxidation sites excluding steroid dienone is 3. The zero-order chi connectivity index (χ0) is 16.3. The quantitative estimate of drug-likeness (QED) is 0.216. The predicted molar refractivity (Wildman–Crippen MR) is 106 cm³/mol. The second-order valence-corrected chi connectivity index (χ2v) is 8.19. The Labute approximate surface area is 142 Å². The Morgan fingerprint density at radius 3 is 1.09 bits per heavy atom. The van der Waals surface area contributed by atoms with Crippen LogP contribution >= 0.6 is 0 Å². The van der Waals surface area contributed by atoms with Crippen molar-refractivity contribution in [3.63, 3.8) is 0 Å². The molecule has 0 unspecified atom stereocenters. The lowest BCUT2D eigenvalue weighted by Gasteiger charge is -2.00. The normalized spacial score (nSPS) is 12.5. The Hall–Kier alpha value is -0.563. The van der Waals surface area contributed by atoms with Gasteiger partial charge in [-0.15, -0.1) is 0 Å². The average Bonchev–Trinajstić information content (AvgIpc) is 2.53. The molecule has 127 valence electrons. The highest BCUT2D eigenvalue weighted by Gasteiger charge is 1.97. The molecule has 0 aliphatic rings. The molecule has 22 heavy (non-hydrogen) atoms. The van der Waals surface area contributed by atoms with E-state index < -0.39 is 8.80 Å². The molecular formula is C21H39Si. The number of hydrogen-bond donors (Lipinski definition) is 0. The van der Waals surface area contributed by atoms with Crippen LogP contribution in [0.4, 0.5) is 0 Å². The summed E-state index contributed by atoms with van der Waals surface area (Å²) in [6.07, 6.45) is 23.2. The second-order valence-electron chi connectivity index (χ2n) is 6.19. The summed E-state index contributed by atoms with van der Waals surface area (Å²) in [5, 5.41) is 0. The number of unbranched alkanes of at least 4 members (excludes halogenated alkanes) is 9. The summed E-state index contributed by atoms with van der Waals surface area (Å²) in [6, 6.07) is 0. The van der Waals surface area contributed by atoms with Crippen molar-refractivity contribution in [3.8, 4) is 0 Å². The van der Waals surface area contributed by atoms with Crippen LogP contribution in [0.25, 0.3) is 0 Å². The molecule has 0 aromatic heterocycles. The fourth-order valence-corrected chi connectivity index (χ4v) is 4.01. The van der Waals surface area contributed by atoms with E-state index in [4.69, 9.17) is 0 Å². The van der Waals surface area contributed by atoms with Crippen LogP contribution in [0.15, 0.2) is 35.3 Å². The fraction of sp³-hybridized carbons (Fsp3) is 0.714. The van der Waals surface area contributed by atoms with Crippen LogP contribution in [0.3, 0.4) is 0 Å². The maximum absolute atomic E-state index is 2.49. The van der Waals surface area contributed by atoms with Gasteiger partial charge in [0.15, 0.2) is 0 Å². The van der Waals surface area contributed by atoms with Gasteiger partial charge in [0.05, 0.1) is 0 Å². The third-order valence-corrected chi connectivity index (χ3v) is 5.72. The van der Waals surface area contributed by atoms with Gasteiger partial charge in [0, 0.05) is 0 Å². The highest BCUT2D eigenvalue weighted by atomic mass is 28.3. The van der Waals surface area contributed by atoms with E-state index in [2.05, 4.69) is 56.1 Å². The van der Waals surface area contributed by atoms with Crippen molar-refractivity contribution in [1.82, 2.24) is 0 Å². The van der Waals surface area contributed by atoms with Crippen molar-refractivity contribution < 1.29 is 0 Å².